The van der Waals surface area contributed by atoms with Crippen LogP contribution in [0.15, 0.2) is 28.7 Å². The van der Waals surface area contributed by atoms with Crippen molar-refractivity contribution in [3.8, 4) is 0 Å². The first-order chi connectivity index (χ1) is 8.49. The van der Waals surface area contributed by atoms with Gasteiger partial charge in [-0.1, -0.05) is 26.0 Å². The Kier molecular flexibility index (Phi) is 5.85. The number of rotatable bonds is 5. The molecule has 4 nitrogen and oxygen atoms in total. The third-order valence-corrected chi connectivity index (χ3v) is 2.87. The average molecular weight is 313 g/mol. The molecule has 5 heteroatoms. The van der Waals surface area contributed by atoms with Gasteiger partial charge in [0.05, 0.1) is 5.69 Å². The number of carbonyl (C=O) groups excluding carboxylic acids is 2. The molecule has 0 atom stereocenters. The van der Waals surface area contributed by atoms with E-state index in [4.69, 9.17) is 0 Å². The van der Waals surface area contributed by atoms with Gasteiger partial charge in [-0.15, -0.1) is 0 Å². The SMILES string of the molecule is CC(C)CNC(=O)CC(=O)Nc1ccccc1Br. The fraction of sp³-hybridized carbons (Fsp3) is 0.385. The third kappa shape index (κ3) is 5.31. The van der Waals surface area contributed by atoms with E-state index in [0.29, 0.717) is 18.2 Å². The Labute approximate surface area is 115 Å². The predicted octanol–water partition coefficient (Wildman–Crippen LogP) is 2.55. The second kappa shape index (κ2) is 7.16. The van der Waals surface area contributed by atoms with Gasteiger partial charge in [0.25, 0.3) is 0 Å². The zero-order valence-electron chi connectivity index (χ0n) is 10.5. The van der Waals surface area contributed by atoms with E-state index >= 15 is 0 Å². The first kappa shape index (κ1) is 14.7. The number of nitrogens with one attached hydrogen (secondary N) is 2. The van der Waals surface area contributed by atoms with Gasteiger partial charge in [-0.2, -0.15) is 0 Å². The maximum atomic E-state index is 11.6. The number of hydrogen-bond acceptors (Lipinski definition) is 2. The molecule has 0 saturated carbocycles. The molecule has 1 rings (SSSR count). The molecular formula is C13H17BrN2O2. The summed E-state index contributed by atoms with van der Waals surface area (Å²) in [6.45, 7) is 4.59. The fourth-order valence-corrected chi connectivity index (χ4v) is 1.67. The van der Waals surface area contributed by atoms with Crippen LogP contribution < -0.4 is 10.6 Å². The summed E-state index contributed by atoms with van der Waals surface area (Å²) in [6, 6.07) is 7.27. The lowest BCUT2D eigenvalue weighted by Gasteiger charge is -2.09. The zero-order chi connectivity index (χ0) is 13.5. The Hall–Kier alpha value is -1.36. The Bertz CT molecular complexity index is 433. The van der Waals surface area contributed by atoms with Gasteiger partial charge < -0.3 is 10.6 Å². The van der Waals surface area contributed by atoms with Crippen LogP contribution >= 0.6 is 15.9 Å². The molecule has 0 aliphatic carbocycles. The Morgan fingerprint density at radius 2 is 1.89 bits per heavy atom. The van der Waals surface area contributed by atoms with E-state index in [2.05, 4.69) is 26.6 Å². The van der Waals surface area contributed by atoms with Crippen LogP contribution in [0, 0.1) is 5.92 Å². The van der Waals surface area contributed by atoms with E-state index in [0.717, 1.165) is 4.47 Å². The second-order valence-corrected chi connectivity index (χ2v) is 5.26. The molecule has 98 valence electrons. The van der Waals surface area contributed by atoms with E-state index < -0.39 is 0 Å². The molecule has 1 aromatic carbocycles. The standard InChI is InChI=1S/C13H17BrN2O2/c1-9(2)8-15-12(17)7-13(18)16-11-6-4-3-5-10(11)14/h3-6,9H,7-8H2,1-2H3,(H,15,17)(H,16,18). The van der Waals surface area contributed by atoms with Crippen molar-refractivity contribution in [1.82, 2.24) is 5.32 Å². The average Bonchev–Trinajstić information content (AvgIpc) is 2.29. The molecule has 2 N–H and O–H groups in total. The number of halogens is 1. The van der Waals surface area contributed by atoms with Crippen LogP contribution in [-0.2, 0) is 9.59 Å². The number of para-hydroxylation sites is 1. The lowest BCUT2D eigenvalue weighted by molar-refractivity contribution is -0.126. The molecule has 0 radical (unpaired) electrons. The second-order valence-electron chi connectivity index (χ2n) is 4.40. The minimum atomic E-state index is -0.317. The Morgan fingerprint density at radius 1 is 1.22 bits per heavy atom. The molecule has 0 unspecified atom stereocenters. The predicted molar refractivity (Wildman–Crippen MR) is 75.2 cm³/mol. The van der Waals surface area contributed by atoms with Crippen molar-refractivity contribution >= 4 is 33.4 Å². The largest absolute Gasteiger partial charge is 0.355 e. The summed E-state index contributed by atoms with van der Waals surface area (Å²) in [4.78, 5) is 23.1. The molecule has 0 fully saturated rings. The molecule has 0 spiro atoms. The molecule has 0 aliphatic heterocycles. The lowest BCUT2D eigenvalue weighted by atomic mass is 10.2. The maximum Gasteiger partial charge on any atom is 0.233 e. The van der Waals surface area contributed by atoms with Crippen molar-refractivity contribution in [2.45, 2.75) is 20.3 Å². The molecule has 0 heterocycles. The van der Waals surface area contributed by atoms with Crippen LogP contribution in [-0.4, -0.2) is 18.4 Å². The van der Waals surface area contributed by atoms with E-state index in [-0.39, 0.29) is 18.2 Å². The summed E-state index contributed by atoms with van der Waals surface area (Å²) in [5.74, 6) is -0.198. The smallest absolute Gasteiger partial charge is 0.233 e. The summed E-state index contributed by atoms with van der Waals surface area (Å²) < 4.78 is 0.793. The summed E-state index contributed by atoms with van der Waals surface area (Å²) in [7, 11) is 0. The van der Waals surface area contributed by atoms with Crippen molar-refractivity contribution in [1.29, 1.82) is 0 Å². The van der Waals surface area contributed by atoms with Crippen molar-refractivity contribution < 1.29 is 9.59 Å². The maximum absolute atomic E-state index is 11.6. The highest BCUT2D eigenvalue weighted by Crippen LogP contribution is 2.21. The molecule has 2 amide bonds. The van der Waals surface area contributed by atoms with Gasteiger partial charge >= 0.3 is 0 Å². The highest BCUT2D eigenvalue weighted by atomic mass is 79.9. The van der Waals surface area contributed by atoms with Crippen LogP contribution in [0.1, 0.15) is 20.3 Å². The van der Waals surface area contributed by atoms with E-state index in [1.165, 1.54) is 0 Å². The van der Waals surface area contributed by atoms with Gasteiger partial charge in [0.15, 0.2) is 0 Å². The van der Waals surface area contributed by atoms with Crippen LogP contribution in [0.3, 0.4) is 0 Å². The van der Waals surface area contributed by atoms with Crippen molar-refractivity contribution in [2.75, 3.05) is 11.9 Å². The zero-order valence-corrected chi connectivity index (χ0v) is 12.1. The molecule has 0 aliphatic rings. The quantitative estimate of drug-likeness (QED) is 0.821. The van der Waals surface area contributed by atoms with E-state index in [1.807, 2.05) is 32.0 Å². The normalized spacial score (nSPS) is 10.2. The van der Waals surface area contributed by atoms with Crippen LogP contribution in [0.2, 0.25) is 0 Å². The lowest BCUT2D eigenvalue weighted by Crippen LogP contribution is -2.30. The summed E-state index contributed by atoms with van der Waals surface area (Å²) in [5.41, 5.74) is 0.666. The molecule has 0 bridgehead atoms. The molecule has 18 heavy (non-hydrogen) atoms. The van der Waals surface area contributed by atoms with Crippen LogP contribution in [0.4, 0.5) is 5.69 Å². The van der Waals surface area contributed by atoms with Crippen LogP contribution in [0.5, 0.6) is 0 Å². The van der Waals surface area contributed by atoms with Gasteiger partial charge in [-0.05, 0) is 34.0 Å². The highest BCUT2D eigenvalue weighted by molar-refractivity contribution is 9.10. The van der Waals surface area contributed by atoms with E-state index in [1.54, 1.807) is 6.07 Å². The highest BCUT2D eigenvalue weighted by Gasteiger charge is 2.10. The van der Waals surface area contributed by atoms with Gasteiger partial charge in [0.1, 0.15) is 6.42 Å². The minimum Gasteiger partial charge on any atom is -0.355 e. The number of carbonyl (C=O) groups is 2. The van der Waals surface area contributed by atoms with E-state index in [9.17, 15) is 9.59 Å². The van der Waals surface area contributed by atoms with Gasteiger partial charge in [0.2, 0.25) is 11.8 Å². The van der Waals surface area contributed by atoms with Crippen molar-refractivity contribution in [2.24, 2.45) is 5.92 Å². The molecular weight excluding hydrogens is 296 g/mol. The Morgan fingerprint density at radius 3 is 2.50 bits per heavy atom. The summed E-state index contributed by atoms with van der Waals surface area (Å²) in [6.07, 6.45) is -0.159. The number of anilines is 1. The van der Waals surface area contributed by atoms with Gasteiger partial charge in [0, 0.05) is 11.0 Å². The number of hydrogen-bond donors (Lipinski definition) is 2. The third-order valence-electron chi connectivity index (χ3n) is 2.18. The van der Waals surface area contributed by atoms with Crippen LogP contribution in [0.25, 0.3) is 0 Å². The minimum absolute atomic E-state index is 0.159. The van der Waals surface area contributed by atoms with Crippen molar-refractivity contribution in [3.63, 3.8) is 0 Å². The van der Waals surface area contributed by atoms with Gasteiger partial charge in [-0.3, -0.25) is 9.59 Å². The number of benzene rings is 1. The first-order valence-electron chi connectivity index (χ1n) is 5.80. The number of amides is 2. The van der Waals surface area contributed by atoms with Gasteiger partial charge in [-0.25, -0.2) is 0 Å². The molecule has 0 aromatic heterocycles. The fourth-order valence-electron chi connectivity index (χ4n) is 1.28. The first-order valence-corrected chi connectivity index (χ1v) is 6.59. The molecule has 0 saturated heterocycles. The van der Waals surface area contributed by atoms with Crippen molar-refractivity contribution in [3.05, 3.63) is 28.7 Å². The monoisotopic (exact) mass is 312 g/mol. The Balaban J connectivity index is 2.42. The molecule has 1 aromatic rings. The summed E-state index contributed by atoms with van der Waals surface area (Å²) in [5, 5.41) is 5.38. The summed E-state index contributed by atoms with van der Waals surface area (Å²) >= 11 is 3.33. The topological polar surface area (TPSA) is 58.2 Å².